The second-order valence-electron chi connectivity index (χ2n) is 3.88. The molecule has 5 nitrogen and oxygen atoms in total. The highest BCUT2D eigenvalue weighted by atomic mass is 19.4. The molecular formula is C11H13F3N2O3. The SMILES string of the molecule is FC(F)(F)Oc1ccc(NCC2COCCO2)cn1. The zero-order valence-corrected chi connectivity index (χ0v) is 9.94. The zero-order chi connectivity index (χ0) is 13.7. The van der Waals surface area contributed by atoms with Gasteiger partial charge in [0.1, 0.15) is 0 Å². The van der Waals surface area contributed by atoms with Gasteiger partial charge in [-0.3, -0.25) is 0 Å². The fourth-order valence-corrected chi connectivity index (χ4v) is 1.55. The molecule has 1 saturated heterocycles. The lowest BCUT2D eigenvalue weighted by atomic mass is 10.3. The van der Waals surface area contributed by atoms with E-state index in [1.807, 2.05) is 0 Å². The third-order valence-corrected chi connectivity index (χ3v) is 2.38. The van der Waals surface area contributed by atoms with Crippen LogP contribution in [0.1, 0.15) is 0 Å². The lowest BCUT2D eigenvalue weighted by Gasteiger charge is -2.23. The zero-order valence-electron chi connectivity index (χ0n) is 9.94. The fraction of sp³-hybridized carbons (Fsp3) is 0.545. The molecule has 8 heteroatoms. The summed E-state index contributed by atoms with van der Waals surface area (Å²) in [6.45, 7) is 2.13. The van der Waals surface area contributed by atoms with Crippen molar-refractivity contribution >= 4 is 5.69 Å². The first-order valence-corrected chi connectivity index (χ1v) is 5.68. The third-order valence-electron chi connectivity index (χ3n) is 2.38. The van der Waals surface area contributed by atoms with Crippen LogP contribution in [0.25, 0.3) is 0 Å². The van der Waals surface area contributed by atoms with Crippen molar-refractivity contribution in [3.63, 3.8) is 0 Å². The van der Waals surface area contributed by atoms with E-state index < -0.39 is 12.2 Å². The summed E-state index contributed by atoms with van der Waals surface area (Å²) in [6, 6.07) is 2.60. The minimum absolute atomic E-state index is 0.0696. The van der Waals surface area contributed by atoms with Crippen LogP contribution in [0.2, 0.25) is 0 Å². The van der Waals surface area contributed by atoms with Crippen molar-refractivity contribution in [1.82, 2.24) is 4.98 Å². The van der Waals surface area contributed by atoms with E-state index in [2.05, 4.69) is 15.0 Å². The maximum absolute atomic E-state index is 11.9. The summed E-state index contributed by atoms with van der Waals surface area (Å²) in [5.74, 6) is -0.490. The molecule has 0 aromatic carbocycles. The van der Waals surface area contributed by atoms with Gasteiger partial charge < -0.3 is 19.5 Å². The standard InChI is InChI=1S/C11H13F3N2O3/c12-11(13,14)19-10-2-1-8(5-16-10)15-6-9-7-17-3-4-18-9/h1-2,5,9,15H,3-4,6-7H2. The van der Waals surface area contributed by atoms with Crippen molar-refractivity contribution in [2.45, 2.75) is 12.5 Å². The van der Waals surface area contributed by atoms with Gasteiger partial charge >= 0.3 is 6.36 Å². The van der Waals surface area contributed by atoms with E-state index in [0.717, 1.165) is 6.07 Å². The van der Waals surface area contributed by atoms with Crippen molar-refractivity contribution in [1.29, 1.82) is 0 Å². The Labute approximate surface area is 107 Å². The van der Waals surface area contributed by atoms with Gasteiger partial charge in [0.25, 0.3) is 0 Å². The molecule has 106 valence electrons. The first kappa shape index (κ1) is 13.9. The Kier molecular flexibility index (Phi) is 4.43. The second kappa shape index (κ2) is 6.07. The monoisotopic (exact) mass is 278 g/mol. The minimum Gasteiger partial charge on any atom is -0.388 e. The highest BCUT2D eigenvalue weighted by Crippen LogP contribution is 2.21. The first-order valence-electron chi connectivity index (χ1n) is 5.68. The average Bonchev–Trinajstić information content (AvgIpc) is 2.37. The number of rotatable bonds is 4. The number of halogens is 3. The molecule has 0 saturated carbocycles. The van der Waals surface area contributed by atoms with E-state index in [-0.39, 0.29) is 6.10 Å². The molecular weight excluding hydrogens is 265 g/mol. The van der Waals surface area contributed by atoms with E-state index in [9.17, 15) is 13.2 Å². The molecule has 0 radical (unpaired) electrons. The van der Waals surface area contributed by atoms with E-state index in [1.54, 1.807) is 0 Å². The van der Waals surface area contributed by atoms with Gasteiger partial charge in [-0.1, -0.05) is 0 Å². The van der Waals surface area contributed by atoms with E-state index in [1.165, 1.54) is 12.3 Å². The van der Waals surface area contributed by atoms with Crippen molar-refractivity contribution in [3.05, 3.63) is 18.3 Å². The summed E-state index contributed by atoms with van der Waals surface area (Å²) in [7, 11) is 0. The number of pyridine rings is 1. The van der Waals surface area contributed by atoms with Crippen LogP contribution >= 0.6 is 0 Å². The van der Waals surface area contributed by atoms with E-state index in [4.69, 9.17) is 9.47 Å². The molecule has 1 aliphatic rings. The van der Waals surface area contributed by atoms with E-state index >= 15 is 0 Å². The number of nitrogens with one attached hydrogen (secondary N) is 1. The largest absolute Gasteiger partial charge is 0.574 e. The van der Waals surface area contributed by atoms with Crippen LogP contribution in [-0.2, 0) is 9.47 Å². The van der Waals surface area contributed by atoms with Crippen molar-refractivity contribution in [2.75, 3.05) is 31.7 Å². The molecule has 0 aliphatic carbocycles. The molecule has 1 unspecified atom stereocenters. The Morgan fingerprint density at radius 2 is 2.21 bits per heavy atom. The van der Waals surface area contributed by atoms with Gasteiger partial charge in [0.05, 0.1) is 37.8 Å². The minimum atomic E-state index is -4.73. The number of nitrogens with zero attached hydrogens (tertiary/aromatic N) is 1. The van der Waals surface area contributed by atoms with Gasteiger partial charge in [-0.2, -0.15) is 0 Å². The smallest absolute Gasteiger partial charge is 0.388 e. The topological polar surface area (TPSA) is 52.6 Å². The number of hydrogen-bond acceptors (Lipinski definition) is 5. The number of hydrogen-bond donors (Lipinski definition) is 1. The van der Waals surface area contributed by atoms with Gasteiger partial charge in [0.2, 0.25) is 5.88 Å². The van der Waals surface area contributed by atoms with Crippen LogP contribution in [0.3, 0.4) is 0 Å². The van der Waals surface area contributed by atoms with Crippen molar-refractivity contribution < 1.29 is 27.4 Å². The van der Waals surface area contributed by atoms with Crippen LogP contribution in [0.15, 0.2) is 18.3 Å². The van der Waals surface area contributed by atoms with Crippen molar-refractivity contribution in [2.24, 2.45) is 0 Å². The molecule has 1 aromatic rings. The molecule has 1 fully saturated rings. The number of aromatic nitrogens is 1. The molecule has 2 rings (SSSR count). The molecule has 1 atom stereocenters. The summed E-state index contributed by atoms with van der Waals surface area (Å²) in [4.78, 5) is 3.55. The Hall–Kier alpha value is -1.54. The Morgan fingerprint density at radius 3 is 2.79 bits per heavy atom. The number of ether oxygens (including phenoxy) is 3. The third kappa shape index (κ3) is 4.92. The van der Waals surface area contributed by atoms with Crippen LogP contribution in [0.5, 0.6) is 5.88 Å². The molecule has 19 heavy (non-hydrogen) atoms. The van der Waals surface area contributed by atoms with Crippen LogP contribution in [-0.4, -0.2) is 43.8 Å². The Morgan fingerprint density at radius 1 is 1.37 bits per heavy atom. The highest BCUT2D eigenvalue weighted by Gasteiger charge is 2.31. The Balaban J connectivity index is 1.81. The van der Waals surface area contributed by atoms with Gasteiger partial charge in [-0.15, -0.1) is 13.2 Å². The summed E-state index contributed by atoms with van der Waals surface area (Å²) in [5.41, 5.74) is 0.587. The molecule has 1 aliphatic heterocycles. The van der Waals surface area contributed by atoms with Gasteiger partial charge in [0, 0.05) is 12.6 Å². The fourth-order valence-electron chi connectivity index (χ4n) is 1.55. The molecule has 0 amide bonds. The highest BCUT2D eigenvalue weighted by molar-refractivity contribution is 5.42. The summed E-state index contributed by atoms with van der Waals surface area (Å²) in [6.07, 6.45) is -3.53. The van der Waals surface area contributed by atoms with Gasteiger partial charge in [0.15, 0.2) is 0 Å². The number of alkyl halides is 3. The molecule has 2 heterocycles. The average molecular weight is 278 g/mol. The second-order valence-corrected chi connectivity index (χ2v) is 3.88. The van der Waals surface area contributed by atoms with Crippen molar-refractivity contribution in [3.8, 4) is 5.88 Å². The molecule has 1 aromatic heterocycles. The van der Waals surface area contributed by atoms with Gasteiger partial charge in [-0.25, -0.2) is 4.98 Å². The van der Waals surface area contributed by atoms with Crippen LogP contribution < -0.4 is 10.1 Å². The summed E-state index contributed by atoms with van der Waals surface area (Å²) < 4.78 is 50.1. The number of anilines is 1. The maximum atomic E-state index is 11.9. The lowest BCUT2D eigenvalue weighted by Crippen LogP contribution is -2.34. The van der Waals surface area contributed by atoms with Crippen LogP contribution in [0.4, 0.5) is 18.9 Å². The Bertz CT molecular complexity index is 391. The summed E-state index contributed by atoms with van der Waals surface area (Å²) >= 11 is 0. The molecule has 0 bridgehead atoms. The van der Waals surface area contributed by atoms with Gasteiger partial charge in [-0.05, 0) is 6.07 Å². The predicted molar refractivity (Wildman–Crippen MR) is 60.0 cm³/mol. The molecule has 1 N–H and O–H groups in total. The predicted octanol–water partition coefficient (Wildman–Crippen LogP) is 1.81. The van der Waals surface area contributed by atoms with Crippen LogP contribution in [0, 0.1) is 0 Å². The first-order chi connectivity index (χ1) is 9.03. The quantitative estimate of drug-likeness (QED) is 0.910. The molecule has 0 spiro atoms. The lowest BCUT2D eigenvalue weighted by molar-refractivity contribution is -0.276. The van der Waals surface area contributed by atoms with E-state index in [0.29, 0.717) is 32.1 Å². The maximum Gasteiger partial charge on any atom is 0.574 e. The normalized spacial score (nSPS) is 20.1. The summed E-state index contributed by atoms with van der Waals surface area (Å²) in [5, 5.41) is 3.00.